The van der Waals surface area contributed by atoms with Crippen molar-refractivity contribution in [3.63, 3.8) is 0 Å². The minimum atomic E-state index is -0.327. The average Bonchev–Trinajstić information content (AvgIpc) is 2.96. The Morgan fingerprint density at radius 3 is 2.73 bits per heavy atom. The predicted octanol–water partition coefficient (Wildman–Crippen LogP) is 4.19. The van der Waals surface area contributed by atoms with Gasteiger partial charge in [0.05, 0.1) is 19.6 Å². The molecular weight excluding hydrogens is 332 g/mol. The number of rotatable bonds is 1. The average molecular weight is 352 g/mol. The van der Waals surface area contributed by atoms with Crippen LogP contribution in [0, 0.1) is 0 Å². The van der Waals surface area contributed by atoms with Crippen molar-refractivity contribution in [2.24, 2.45) is 0 Å². The van der Waals surface area contributed by atoms with E-state index in [4.69, 9.17) is 18.9 Å². The monoisotopic (exact) mass is 352 g/mol. The lowest BCUT2D eigenvalue weighted by molar-refractivity contribution is 0.135. The van der Waals surface area contributed by atoms with Crippen LogP contribution < -0.4 is 18.9 Å². The molecular formula is C21H20O5. The molecule has 5 heteroatoms. The maximum Gasteiger partial charge on any atom is 0.161 e. The maximum absolute atomic E-state index is 10.0. The minimum absolute atomic E-state index is 0.0648. The normalized spacial score (nSPS) is 23.5. The molecule has 26 heavy (non-hydrogen) atoms. The van der Waals surface area contributed by atoms with Gasteiger partial charge in [-0.25, -0.2) is 0 Å². The first-order valence-electron chi connectivity index (χ1n) is 8.72. The van der Waals surface area contributed by atoms with Crippen LogP contribution in [0.1, 0.15) is 42.6 Å². The highest BCUT2D eigenvalue weighted by atomic mass is 16.5. The third kappa shape index (κ3) is 2.16. The van der Waals surface area contributed by atoms with Crippen molar-refractivity contribution in [2.45, 2.75) is 31.5 Å². The van der Waals surface area contributed by atoms with E-state index in [-0.39, 0.29) is 23.4 Å². The van der Waals surface area contributed by atoms with Gasteiger partial charge in [-0.15, -0.1) is 0 Å². The lowest BCUT2D eigenvalue weighted by Gasteiger charge is -2.32. The molecule has 5 rings (SSSR count). The summed E-state index contributed by atoms with van der Waals surface area (Å²) in [4.78, 5) is 0. The molecule has 3 aliphatic heterocycles. The van der Waals surface area contributed by atoms with Crippen molar-refractivity contribution >= 4 is 6.08 Å². The smallest absolute Gasteiger partial charge is 0.161 e. The quantitative estimate of drug-likeness (QED) is 0.834. The van der Waals surface area contributed by atoms with Gasteiger partial charge in [-0.05, 0) is 32.1 Å². The van der Waals surface area contributed by atoms with Crippen LogP contribution in [0.25, 0.3) is 6.08 Å². The molecule has 2 unspecified atom stereocenters. The van der Waals surface area contributed by atoms with Gasteiger partial charge in [-0.2, -0.15) is 0 Å². The molecule has 134 valence electrons. The summed E-state index contributed by atoms with van der Waals surface area (Å²) in [5, 5.41) is 10.0. The SMILES string of the molecule is COc1cc2c(cc1O)OC1c3cc4c(cc3OCC21)OC(C)(C)C=C4. The number of hydrogen-bond acceptors (Lipinski definition) is 5. The number of aromatic hydroxyl groups is 1. The Morgan fingerprint density at radius 2 is 1.92 bits per heavy atom. The second-order valence-electron chi connectivity index (χ2n) is 7.48. The Labute approximate surface area is 151 Å². The van der Waals surface area contributed by atoms with Gasteiger partial charge in [-0.3, -0.25) is 0 Å². The van der Waals surface area contributed by atoms with Crippen LogP contribution in [0.2, 0.25) is 0 Å². The van der Waals surface area contributed by atoms with E-state index in [2.05, 4.69) is 18.2 Å². The van der Waals surface area contributed by atoms with Crippen molar-refractivity contribution in [1.29, 1.82) is 0 Å². The second-order valence-corrected chi connectivity index (χ2v) is 7.48. The molecule has 0 fully saturated rings. The molecule has 0 aromatic heterocycles. The Morgan fingerprint density at radius 1 is 1.08 bits per heavy atom. The summed E-state index contributed by atoms with van der Waals surface area (Å²) in [6, 6.07) is 7.50. The molecule has 2 aromatic rings. The van der Waals surface area contributed by atoms with E-state index >= 15 is 0 Å². The molecule has 0 saturated carbocycles. The number of hydrogen-bond donors (Lipinski definition) is 1. The van der Waals surface area contributed by atoms with E-state index in [9.17, 15) is 5.11 Å². The van der Waals surface area contributed by atoms with Crippen LogP contribution >= 0.6 is 0 Å². The van der Waals surface area contributed by atoms with E-state index in [0.29, 0.717) is 18.1 Å². The highest BCUT2D eigenvalue weighted by molar-refractivity contribution is 5.66. The van der Waals surface area contributed by atoms with Gasteiger partial charge in [0.25, 0.3) is 0 Å². The van der Waals surface area contributed by atoms with Crippen molar-refractivity contribution < 1.29 is 24.1 Å². The minimum Gasteiger partial charge on any atom is -0.504 e. The van der Waals surface area contributed by atoms with Gasteiger partial charge in [0.15, 0.2) is 11.5 Å². The standard InChI is InChI=1S/C21H20O5/c1-21(2)5-4-11-6-13-17(9-16(11)26-21)24-10-14-12-7-19(23-3)15(22)8-18(12)25-20(13)14/h4-9,14,20,22H,10H2,1-3H3. The van der Waals surface area contributed by atoms with Crippen molar-refractivity contribution in [2.75, 3.05) is 13.7 Å². The third-order valence-electron chi connectivity index (χ3n) is 5.23. The zero-order chi connectivity index (χ0) is 18.1. The molecule has 0 amide bonds. The zero-order valence-electron chi connectivity index (χ0n) is 14.9. The number of benzene rings is 2. The summed E-state index contributed by atoms with van der Waals surface area (Å²) >= 11 is 0. The number of ether oxygens (including phenoxy) is 4. The van der Waals surface area contributed by atoms with E-state index in [1.165, 1.54) is 0 Å². The van der Waals surface area contributed by atoms with E-state index in [0.717, 1.165) is 28.2 Å². The molecule has 3 heterocycles. The molecule has 0 spiro atoms. The van der Waals surface area contributed by atoms with Crippen LogP contribution in [-0.4, -0.2) is 24.4 Å². The third-order valence-corrected chi connectivity index (χ3v) is 5.23. The van der Waals surface area contributed by atoms with E-state index in [1.54, 1.807) is 13.2 Å². The first kappa shape index (κ1) is 15.4. The Bertz CT molecular complexity index is 944. The Hall–Kier alpha value is -2.82. The van der Waals surface area contributed by atoms with E-state index < -0.39 is 0 Å². The van der Waals surface area contributed by atoms with E-state index in [1.807, 2.05) is 26.0 Å². The molecule has 0 aliphatic carbocycles. The molecule has 1 N–H and O–H groups in total. The Kier molecular flexibility index (Phi) is 3.03. The van der Waals surface area contributed by atoms with Crippen LogP contribution in [0.4, 0.5) is 0 Å². The molecule has 2 atom stereocenters. The van der Waals surface area contributed by atoms with Gasteiger partial charge in [-0.1, -0.05) is 6.08 Å². The fourth-order valence-corrected chi connectivity index (χ4v) is 3.91. The van der Waals surface area contributed by atoms with Crippen molar-refractivity contribution in [3.8, 4) is 28.7 Å². The van der Waals surface area contributed by atoms with Crippen LogP contribution in [0.15, 0.2) is 30.3 Å². The van der Waals surface area contributed by atoms with Crippen LogP contribution in [0.5, 0.6) is 28.7 Å². The fraction of sp³-hybridized carbons (Fsp3) is 0.333. The fourth-order valence-electron chi connectivity index (χ4n) is 3.91. The molecule has 3 aliphatic rings. The first-order valence-corrected chi connectivity index (χ1v) is 8.72. The summed E-state index contributed by atoms with van der Waals surface area (Å²) in [6.07, 6.45) is 3.99. The summed E-state index contributed by atoms with van der Waals surface area (Å²) in [7, 11) is 1.54. The highest BCUT2D eigenvalue weighted by Crippen LogP contribution is 2.54. The molecule has 2 aromatic carbocycles. The summed E-state index contributed by atoms with van der Waals surface area (Å²) in [6.45, 7) is 4.56. The second kappa shape index (κ2) is 5.10. The summed E-state index contributed by atoms with van der Waals surface area (Å²) < 4.78 is 23.5. The zero-order valence-corrected chi connectivity index (χ0v) is 14.9. The number of phenols is 1. The maximum atomic E-state index is 10.0. The number of fused-ring (bicyclic) bond motifs is 6. The van der Waals surface area contributed by atoms with Crippen LogP contribution in [0.3, 0.4) is 0 Å². The van der Waals surface area contributed by atoms with Gasteiger partial charge in [0.1, 0.15) is 29.0 Å². The predicted molar refractivity (Wildman–Crippen MR) is 96.4 cm³/mol. The lowest BCUT2D eigenvalue weighted by atomic mass is 9.88. The van der Waals surface area contributed by atoms with Gasteiger partial charge in [0, 0.05) is 28.8 Å². The largest absolute Gasteiger partial charge is 0.504 e. The highest BCUT2D eigenvalue weighted by Gasteiger charge is 2.42. The molecule has 0 bridgehead atoms. The summed E-state index contributed by atoms with van der Waals surface area (Å²) in [5.41, 5.74) is 2.70. The van der Waals surface area contributed by atoms with Gasteiger partial charge >= 0.3 is 0 Å². The lowest BCUT2D eigenvalue weighted by Crippen LogP contribution is -2.28. The number of phenolic OH excluding ortho intramolecular Hbond substituents is 1. The Balaban J connectivity index is 1.57. The molecule has 0 saturated heterocycles. The molecule has 5 nitrogen and oxygen atoms in total. The topological polar surface area (TPSA) is 57.2 Å². The van der Waals surface area contributed by atoms with Crippen molar-refractivity contribution in [1.82, 2.24) is 0 Å². The number of methoxy groups -OCH3 is 1. The molecule has 0 radical (unpaired) electrons. The van der Waals surface area contributed by atoms with Gasteiger partial charge < -0.3 is 24.1 Å². The van der Waals surface area contributed by atoms with Gasteiger partial charge in [0.2, 0.25) is 0 Å². The van der Waals surface area contributed by atoms with Crippen molar-refractivity contribution in [3.05, 3.63) is 47.0 Å². The van der Waals surface area contributed by atoms with Crippen LogP contribution in [-0.2, 0) is 0 Å². The summed E-state index contributed by atoms with van der Waals surface area (Å²) in [5.74, 6) is 2.89. The first-order chi connectivity index (χ1) is 12.4.